The fourth-order valence-electron chi connectivity index (χ4n) is 1.18. The van der Waals surface area contributed by atoms with Crippen molar-refractivity contribution >= 4 is 15.9 Å². The van der Waals surface area contributed by atoms with Crippen LogP contribution in [0.1, 0.15) is 6.04 Å². The molecule has 0 aliphatic carbocycles. The predicted molar refractivity (Wildman–Crippen MR) is 56.4 cm³/mol. The lowest BCUT2D eigenvalue weighted by atomic mass is 10.3. The van der Waals surface area contributed by atoms with Gasteiger partial charge >= 0.3 is 0 Å². The van der Waals surface area contributed by atoms with E-state index in [1.165, 1.54) is 11.7 Å². The van der Waals surface area contributed by atoms with Gasteiger partial charge in [0, 0.05) is 13.3 Å². The van der Waals surface area contributed by atoms with E-state index >= 15 is 0 Å². The highest BCUT2D eigenvalue weighted by molar-refractivity contribution is 9.10. The summed E-state index contributed by atoms with van der Waals surface area (Å²) in [6, 6.07) is 3.08. The third-order valence-corrected chi connectivity index (χ3v) is 2.49. The van der Waals surface area contributed by atoms with Crippen LogP contribution in [0.3, 0.4) is 0 Å². The Morgan fingerprint density at radius 1 is 1.71 bits per heavy atom. The van der Waals surface area contributed by atoms with Crippen LogP contribution in [0.2, 0.25) is 0 Å². The second-order valence-corrected chi connectivity index (χ2v) is 3.71. The number of methoxy groups -OCH3 is 1. The van der Waals surface area contributed by atoms with E-state index in [-0.39, 0.29) is 18.2 Å². The van der Waals surface area contributed by atoms with Gasteiger partial charge < -0.3 is 14.4 Å². The standard InChI is InChI=1S/C9H12BrNO3/c1-14-6-7(5-12)11-4-2-3-8(10)9(11)13/h2-4,7,12H,5-6H2,1H3. The van der Waals surface area contributed by atoms with Crippen LogP contribution in [-0.2, 0) is 4.74 Å². The maximum atomic E-state index is 11.6. The number of hydrogen-bond acceptors (Lipinski definition) is 3. The number of aromatic nitrogens is 1. The van der Waals surface area contributed by atoms with Gasteiger partial charge in [-0.25, -0.2) is 0 Å². The van der Waals surface area contributed by atoms with Gasteiger partial charge in [-0.3, -0.25) is 4.79 Å². The molecule has 0 bridgehead atoms. The monoisotopic (exact) mass is 261 g/mol. The Morgan fingerprint density at radius 2 is 2.43 bits per heavy atom. The zero-order valence-corrected chi connectivity index (χ0v) is 9.40. The van der Waals surface area contributed by atoms with Crippen molar-refractivity contribution in [2.45, 2.75) is 6.04 Å². The van der Waals surface area contributed by atoms with Crippen LogP contribution in [0.25, 0.3) is 0 Å². The van der Waals surface area contributed by atoms with Crippen LogP contribution in [0.15, 0.2) is 27.6 Å². The summed E-state index contributed by atoms with van der Waals surface area (Å²) in [6.07, 6.45) is 1.63. The van der Waals surface area contributed by atoms with Gasteiger partial charge in [-0.05, 0) is 28.1 Å². The predicted octanol–water partition coefficient (Wildman–Crippen LogP) is 0.791. The molecule has 0 aromatic carbocycles. The first kappa shape index (κ1) is 11.4. The molecule has 0 saturated heterocycles. The van der Waals surface area contributed by atoms with Gasteiger partial charge in [0.15, 0.2) is 0 Å². The fourth-order valence-corrected chi connectivity index (χ4v) is 1.54. The number of aliphatic hydroxyl groups excluding tert-OH is 1. The highest BCUT2D eigenvalue weighted by atomic mass is 79.9. The molecule has 1 N–H and O–H groups in total. The van der Waals surface area contributed by atoms with Gasteiger partial charge in [0.1, 0.15) is 0 Å². The quantitative estimate of drug-likeness (QED) is 0.872. The summed E-state index contributed by atoms with van der Waals surface area (Å²) in [4.78, 5) is 11.6. The number of pyridine rings is 1. The molecule has 1 aromatic rings. The van der Waals surface area contributed by atoms with Crippen molar-refractivity contribution in [1.82, 2.24) is 4.57 Å². The second-order valence-electron chi connectivity index (χ2n) is 2.86. The number of aliphatic hydroxyl groups is 1. The number of hydrogen-bond donors (Lipinski definition) is 1. The average Bonchev–Trinajstić information content (AvgIpc) is 2.19. The number of nitrogens with zero attached hydrogens (tertiary/aromatic N) is 1. The summed E-state index contributed by atoms with van der Waals surface area (Å²) in [5.74, 6) is 0. The molecule has 1 heterocycles. The van der Waals surface area contributed by atoms with E-state index in [9.17, 15) is 4.79 Å². The van der Waals surface area contributed by atoms with E-state index in [1.54, 1.807) is 18.3 Å². The molecule has 0 fully saturated rings. The Balaban J connectivity index is 3.04. The van der Waals surface area contributed by atoms with Crippen LogP contribution in [-0.4, -0.2) is 30.0 Å². The molecule has 0 radical (unpaired) electrons. The molecule has 78 valence electrons. The molecular formula is C9H12BrNO3. The molecule has 0 aliphatic rings. The van der Waals surface area contributed by atoms with Crippen molar-refractivity contribution in [3.8, 4) is 0 Å². The van der Waals surface area contributed by atoms with Crippen LogP contribution in [0, 0.1) is 0 Å². The molecule has 1 aromatic heterocycles. The van der Waals surface area contributed by atoms with Crippen molar-refractivity contribution in [1.29, 1.82) is 0 Å². The molecule has 1 rings (SSSR count). The van der Waals surface area contributed by atoms with E-state index in [4.69, 9.17) is 9.84 Å². The molecule has 1 unspecified atom stereocenters. The van der Waals surface area contributed by atoms with E-state index in [1.807, 2.05) is 0 Å². The molecule has 14 heavy (non-hydrogen) atoms. The summed E-state index contributed by atoms with van der Waals surface area (Å²) in [6.45, 7) is 0.192. The summed E-state index contributed by atoms with van der Waals surface area (Å²) in [5.41, 5.74) is -0.163. The second kappa shape index (κ2) is 5.29. The molecular weight excluding hydrogens is 250 g/mol. The van der Waals surface area contributed by atoms with Crippen molar-refractivity contribution in [2.75, 3.05) is 20.3 Å². The highest BCUT2D eigenvalue weighted by Crippen LogP contribution is 2.06. The molecule has 4 nitrogen and oxygen atoms in total. The molecule has 0 spiro atoms. The van der Waals surface area contributed by atoms with Gasteiger partial charge in [0.05, 0.1) is 23.7 Å². The van der Waals surface area contributed by atoms with Crippen molar-refractivity contribution < 1.29 is 9.84 Å². The van der Waals surface area contributed by atoms with Crippen LogP contribution in [0.5, 0.6) is 0 Å². The Kier molecular flexibility index (Phi) is 4.31. The van der Waals surface area contributed by atoms with Crippen LogP contribution in [0.4, 0.5) is 0 Å². The lowest BCUT2D eigenvalue weighted by Gasteiger charge is -2.16. The summed E-state index contributed by atoms with van der Waals surface area (Å²) >= 11 is 3.14. The summed E-state index contributed by atoms with van der Waals surface area (Å²) < 4.78 is 6.84. The Labute approximate surface area is 90.3 Å². The Bertz CT molecular complexity index is 350. The molecule has 0 saturated carbocycles. The van der Waals surface area contributed by atoms with Crippen molar-refractivity contribution in [3.05, 3.63) is 33.2 Å². The highest BCUT2D eigenvalue weighted by Gasteiger charge is 2.11. The maximum Gasteiger partial charge on any atom is 0.265 e. The van der Waals surface area contributed by atoms with Crippen molar-refractivity contribution in [3.63, 3.8) is 0 Å². The minimum absolute atomic E-state index is 0.121. The SMILES string of the molecule is COCC(CO)n1cccc(Br)c1=O. The third-order valence-electron chi connectivity index (χ3n) is 1.89. The molecule has 0 amide bonds. The lowest BCUT2D eigenvalue weighted by Crippen LogP contribution is -2.29. The smallest absolute Gasteiger partial charge is 0.265 e. The van der Waals surface area contributed by atoms with Gasteiger partial charge in [-0.2, -0.15) is 0 Å². The van der Waals surface area contributed by atoms with E-state index in [2.05, 4.69) is 15.9 Å². The van der Waals surface area contributed by atoms with E-state index in [0.717, 1.165) is 0 Å². The number of halogens is 1. The number of rotatable bonds is 4. The topological polar surface area (TPSA) is 51.5 Å². The Hall–Kier alpha value is -0.650. The van der Waals surface area contributed by atoms with Gasteiger partial charge in [-0.1, -0.05) is 0 Å². The zero-order chi connectivity index (χ0) is 10.6. The first-order valence-electron chi connectivity index (χ1n) is 4.17. The average molecular weight is 262 g/mol. The first-order chi connectivity index (χ1) is 6.70. The fraction of sp³-hybridized carbons (Fsp3) is 0.444. The summed E-state index contributed by atoms with van der Waals surface area (Å²) in [7, 11) is 1.53. The number of ether oxygens (including phenoxy) is 1. The van der Waals surface area contributed by atoms with E-state index in [0.29, 0.717) is 11.1 Å². The van der Waals surface area contributed by atoms with Crippen LogP contribution < -0.4 is 5.56 Å². The molecule has 5 heteroatoms. The van der Waals surface area contributed by atoms with Gasteiger partial charge in [-0.15, -0.1) is 0 Å². The Morgan fingerprint density at radius 3 is 3.00 bits per heavy atom. The molecule has 1 atom stereocenters. The minimum Gasteiger partial charge on any atom is -0.394 e. The largest absolute Gasteiger partial charge is 0.394 e. The van der Waals surface area contributed by atoms with Gasteiger partial charge in [0.2, 0.25) is 0 Å². The zero-order valence-electron chi connectivity index (χ0n) is 7.81. The minimum atomic E-state index is -0.329. The maximum absolute atomic E-state index is 11.6. The first-order valence-corrected chi connectivity index (χ1v) is 4.96. The molecule has 0 aliphatic heterocycles. The lowest BCUT2D eigenvalue weighted by molar-refractivity contribution is 0.112. The van der Waals surface area contributed by atoms with Crippen molar-refractivity contribution in [2.24, 2.45) is 0 Å². The summed E-state index contributed by atoms with van der Waals surface area (Å²) in [5, 5.41) is 9.07. The third kappa shape index (κ3) is 2.43. The normalized spacial score (nSPS) is 12.8. The van der Waals surface area contributed by atoms with E-state index < -0.39 is 0 Å². The van der Waals surface area contributed by atoms with Crippen LogP contribution >= 0.6 is 15.9 Å². The van der Waals surface area contributed by atoms with Gasteiger partial charge in [0.25, 0.3) is 5.56 Å².